The lowest BCUT2D eigenvalue weighted by Crippen LogP contribution is -2.05. The van der Waals surface area contributed by atoms with E-state index in [0.717, 1.165) is 59.9 Å². The summed E-state index contributed by atoms with van der Waals surface area (Å²) in [4.78, 5) is 11.7. The number of nitrogens with zero attached hydrogens (tertiary/aromatic N) is 4. The number of tetrazole rings is 1. The fourth-order valence-corrected chi connectivity index (χ4v) is 3.69. The molecule has 0 aliphatic heterocycles. The van der Waals surface area contributed by atoms with Gasteiger partial charge in [-0.15, -0.1) is 5.10 Å². The molecule has 0 radical (unpaired) electrons. The Balaban J connectivity index is 1.87. The molecule has 0 fully saturated rings. The number of fused-ring (bicyclic) bond motifs is 1. The van der Waals surface area contributed by atoms with Crippen molar-refractivity contribution in [2.24, 2.45) is 0 Å². The van der Waals surface area contributed by atoms with Crippen molar-refractivity contribution in [2.75, 3.05) is 6.61 Å². The molecule has 8 heteroatoms. The Morgan fingerprint density at radius 2 is 2.11 bits per heavy atom. The molecule has 1 aromatic heterocycles. The van der Waals surface area contributed by atoms with Crippen LogP contribution in [-0.4, -0.2) is 32.2 Å². The molecule has 8 nitrogen and oxygen atoms in total. The van der Waals surface area contributed by atoms with Gasteiger partial charge in [-0.05, 0) is 59.4 Å². The van der Waals surface area contributed by atoms with E-state index in [4.69, 9.17) is 4.74 Å². The van der Waals surface area contributed by atoms with Crippen LogP contribution in [0.15, 0.2) is 30.3 Å². The minimum atomic E-state index is -0.293. The van der Waals surface area contributed by atoms with Gasteiger partial charge in [-0.25, -0.2) is 5.10 Å². The predicted octanol–water partition coefficient (Wildman–Crippen LogP) is 4.11. The Morgan fingerprint density at radius 1 is 1.25 bits per heavy atom. The third kappa shape index (κ3) is 3.33. The van der Waals surface area contributed by atoms with Crippen LogP contribution < -0.4 is 4.74 Å². The van der Waals surface area contributed by atoms with E-state index in [2.05, 4.69) is 27.5 Å². The first-order chi connectivity index (χ1) is 13.7. The van der Waals surface area contributed by atoms with Crippen molar-refractivity contribution in [3.8, 4) is 28.3 Å². The molecule has 0 atom stereocenters. The molecule has 0 saturated heterocycles. The van der Waals surface area contributed by atoms with Gasteiger partial charge in [0.15, 0.2) is 5.82 Å². The van der Waals surface area contributed by atoms with E-state index in [9.17, 15) is 10.1 Å². The molecular formula is C20H21N5O3. The van der Waals surface area contributed by atoms with E-state index in [0.29, 0.717) is 18.2 Å². The molecule has 0 bridgehead atoms. The van der Waals surface area contributed by atoms with Gasteiger partial charge in [0.05, 0.1) is 11.5 Å². The van der Waals surface area contributed by atoms with Gasteiger partial charge in [-0.3, -0.25) is 10.1 Å². The van der Waals surface area contributed by atoms with E-state index < -0.39 is 0 Å². The second-order valence-electron chi connectivity index (χ2n) is 6.88. The third-order valence-electron chi connectivity index (χ3n) is 5.04. The normalized spacial score (nSPS) is 12.8. The molecule has 1 aliphatic carbocycles. The number of benzene rings is 2. The van der Waals surface area contributed by atoms with Gasteiger partial charge < -0.3 is 4.74 Å². The highest BCUT2D eigenvalue weighted by Gasteiger charge is 2.30. The highest BCUT2D eigenvalue weighted by molar-refractivity contribution is 5.81. The third-order valence-corrected chi connectivity index (χ3v) is 5.04. The molecule has 4 rings (SSSR count). The van der Waals surface area contributed by atoms with Crippen LogP contribution >= 0.6 is 0 Å². The van der Waals surface area contributed by atoms with E-state index in [1.165, 1.54) is 0 Å². The molecular weight excluding hydrogens is 358 g/mol. The molecule has 0 spiro atoms. The van der Waals surface area contributed by atoms with Crippen molar-refractivity contribution in [3.63, 3.8) is 0 Å². The summed E-state index contributed by atoms with van der Waals surface area (Å²) in [6.45, 7) is 2.52. The number of rotatable bonds is 7. The number of hydrogen-bond acceptors (Lipinski definition) is 6. The second kappa shape index (κ2) is 7.75. The van der Waals surface area contributed by atoms with Crippen LogP contribution in [-0.2, 0) is 12.8 Å². The van der Waals surface area contributed by atoms with Gasteiger partial charge in [0.1, 0.15) is 0 Å². The Kier molecular flexibility index (Phi) is 5.01. The monoisotopic (exact) mass is 379 g/mol. The summed E-state index contributed by atoms with van der Waals surface area (Å²) in [5.41, 5.74) is 4.38. The molecule has 0 unspecified atom stereocenters. The zero-order valence-corrected chi connectivity index (χ0v) is 15.6. The lowest BCUT2D eigenvalue weighted by Gasteiger charge is -2.15. The van der Waals surface area contributed by atoms with Crippen LogP contribution in [0.2, 0.25) is 0 Å². The Morgan fingerprint density at radius 3 is 2.86 bits per heavy atom. The number of aromatic nitrogens is 4. The number of aromatic amines is 1. The highest BCUT2D eigenvalue weighted by Crippen LogP contribution is 2.45. The quantitative estimate of drug-likeness (QED) is 0.376. The Bertz CT molecular complexity index is 1000. The lowest BCUT2D eigenvalue weighted by atomic mass is 9.96. The lowest BCUT2D eigenvalue weighted by molar-refractivity contribution is -0.386. The van der Waals surface area contributed by atoms with Crippen LogP contribution in [0.25, 0.3) is 22.5 Å². The minimum absolute atomic E-state index is 0.118. The number of ether oxygens (including phenoxy) is 1. The maximum absolute atomic E-state index is 11.9. The van der Waals surface area contributed by atoms with Crippen molar-refractivity contribution < 1.29 is 9.66 Å². The summed E-state index contributed by atoms with van der Waals surface area (Å²) in [7, 11) is 0. The molecule has 3 aromatic rings. The zero-order chi connectivity index (χ0) is 19.5. The summed E-state index contributed by atoms with van der Waals surface area (Å²) >= 11 is 0. The summed E-state index contributed by atoms with van der Waals surface area (Å²) in [5.74, 6) is 0.915. The molecule has 1 N–H and O–H groups in total. The van der Waals surface area contributed by atoms with Crippen LogP contribution in [0.5, 0.6) is 5.75 Å². The number of H-pyrrole nitrogens is 1. The van der Waals surface area contributed by atoms with Gasteiger partial charge in [0, 0.05) is 16.7 Å². The number of aryl methyl sites for hydroxylation is 1. The predicted molar refractivity (Wildman–Crippen MR) is 104 cm³/mol. The van der Waals surface area contributed by atoms with Gasteiger partial charge in [-0.2, -0.15) is 0 Å². The highest BCUT2D eigenvalue weighted by atomic mass is 16.6. The number of nitro benzene ring substituents is 1. The molecule has 0 amide bonds. The molecule has 2 aromatic carbocycles. The summed E-state index contributed by atoms with van der Waals surface area (Å²) in [5, 5.41) is 25.9. The summed E-state index contributed by atoms with van der Waals surface area (Å²) in [6, 6.07) is 9.69. The van der Waals surface area contributed by atoms with Crippen molar-refractivity contribution >= 4 is 5.69 Å². The van der Waals surface area contributed by atoms with E-state index in [-0.39, 0.29) is 10.6 Å². The fourth-order valence-electron chi connectivity index (χ4n) is 3.69. The molecule has 1 aliphatic rings. The van der Waals surface area contributed by atoms with E-state index >= 15 is 0 Å². The average Bonchev–Trinajstić information content (AvgIpc) is 3.39. The van der Waals surface area contributed by atoms with E-state index in [1.807, 2.05) is 30.3 Å². The largest absolute Gasteiger partial charge is 0.486 e. The smallest absolute Gasteiger partial charge is 0.314 e. The van der Waals surface area contributed by atoms with Gasteiger partial charge in [0.2, 0.25) is 5.75 Å². The molecule has 1 heterocycles. The number of hydrogen-bond donors (Lipinski definition) is 1. The second-order valence-corrected chi connectivity index (χ2v) is 6.88. The Hall–Kier alpha value is -3.29. The number of nitro groups is 1. The van der Waals surface area contributed by atoms with Crippen molar-refractivity contribution in [1.29, 1.82) is 0 Å². The fraction of sp³-hybridized carbons (Fsp3) is 0.350. The van der Waals surface area contributed by atoms with Crippen LogP contribution in [0.3, 0.4) is 0 Å². The van der Waals surface area contributed by atoms with Crippen LogP contribution in [0, 0.1) is 10.1 Å². The first-order valence-corrected chi connectivity index (χ1v) is 9.49. The van der Waals surface area contributed by atoms with Gasteiger partial charge in [0.25, 0.3) is 0 Å². The van der Waals surface area contributed by atoms with Gasteiger partial charge >= 0.3 is 5.69 Å². The Labute approximate surface area is 162 Å². The summed E-state index contributed by atoms with van der Waals surface area (Å²) in [6.07, 6.45) is 4.31. The molecule has 28 heavy (non-hydrogen) atoms. The van der Waals surface area contributed by atoms with Crippen molar-refractivity contribution in [3.05, 3.63) is 51.6 Å². The summed E-state index contributed by atoms with van der Waals surface area (Å²) < 4.78 is 5.99. The standard InChI is InChI=1S/C20H21N5O3/c1-2-3-10-28-19-17(12-14-7-5-9-16(14)18(19)25(26)27)13-6-4-8-15(11-13)20-21-23-24-22-20/h4,6,8,11-12H,2-3,5,7,9-10H2,1H3,(H,21,22,23,24). The molecule has 144 valence electrons. The maximum Gasteiger partial charge on any atom is 0.314 e. The van der Waals surface area contributed by atoms with Gasteiger partial charge in [-0.1, -0.05) is 31.5 Å². The van der Waals surface area contributed by atoms with Crippen molar-refractivity contribution in [2.45, 2.75) is 39.0 Å². The maximum atomic E-state index is 11.9. The van der Waals surface area contributed by atoms with Crippen molar-refractivity contribution in [1.82, 2.24) is 20.6 Å². The number of nitrogens with one attached hydrogen (secondary N) is 1. The van der Waals surface area contributed by atoms with E-state index in [1.54, 1.807) is 0 Å². The SMILES string of the molecule is CCCCOc1c(-c2cccc(-c3nnn[nH]3)c2)cc2c(c1[N+](=O)[O-])CCC2. The zero-order valence-electron chi connectivity index (χ0n) is 15.6. The first-order valence-electron chi connectivity index (χ1n) is 9.49. The van der Waals surface area contributed by atoms with Crippen LogP contribution in [0.4, 0.5) is 5.69 Å². The topological polar surface area (TPSA) is 107 Å². The van der Waals surface area contributed by atoms with Crippen LogP contribution in [0.1, 0.15) is 37.3 Å². The molecule has 0 saturated carbocycles. The first kappa shape index (κ1) is 18.1. The number of unbranched alkanes of at least 4 members (excludes halogenated alkanes) is 1. The minimum Gasteiger partial charge on any atom is -0.486 e. The average molecular weight is 379 g/mol.